The van der Waals surface area contributed by atoms with Crippen molar-refractivity contribution >= 4 is 23.4 Å². The zero-order valence-electron chi connectivity index (χ0n) is 10.4. The van der Waals surface area contributed by atoms with Gasteiger partial charge in [0.2, 0.25) is 0 Å². The van der Waals surface area contributed by atoms with Gasteiger partial charge in [-0.3, -0.25) is 4.79 Å². The van der Waals surface area contributed by atoms with Crippen molar-refractivity contribution < 1.29 is 19.8 Å². The first-order valence-electron chi connectivity index (χ1n) is 6.07. The van der Waals surface area contributed by atoms with Gasteiger partial charge in [0.25, 0.3) is 5.91 Å². The Morgan fingerprint density at radius 2 is 2.26 bits per heavy atom. The minimum Gasteiger partial charge on any atom is -0.480 e. The Bertz CT molecular complexity index is 490. The maximum absolute atomic E-state index is 12.3. The minimum atomic E-state index is -1.10. The Morgan fingerprint density at radius 3 is 2.89 bits per heavy atom. The van der Waals surface area contributed by atoms with E-state index in [1.165, 1.54) is 4.90 Å². The zero-order chi connectivity index (χ0) is 14.0. The second-order valence-corrected chi connectivity index (χ2v) is 5.25. The number of rotatable bonds is 4. The molecule has 8 heteroatoms. The standard InChI is InChI=1S/C11H15N3O4S/c1-2-3-7-9(19-13-12-7)10(16)14-5-6(15)4-8(14)11(17)18/h6,8,15H,2-5H2,1H3,(H,17,18)/t6-,8-/m1/s1. The van der Waals surface area contributed by atoms with E-state index in [9.17, 15) is 14.7 Å². The highest BCUT2D eigenvalue weighted by molar-refractivity contribution is 7.08. The normalized spacial score (nSPS) is 22.7. The number of nitrogens with zero attached hydrogens (tertiary/aromatic N) is 3. The van der Waals surface area contributed by atoms with Crippen LogP contribution in [0.2, 0.25) is 0 Å². The molecule has 0 aromatic carbocycles. The van der Waals surface area contributed by atoms with Crippen molar-refractivity contribution in [1.82, 2.24) is 14.5 Å². The first-order chi connectivity index (χ1) is 9.04. The molecule has 104 valence electrons. The van der Waals surface area contributed by atoms with E-state index in [1.807, 2.05) is 6.92 Å². The summed E-state index contributed by atoms with van der Waals surface area (Å²) in [4.78, 5) is 25.0. The van der Waals surface area contributed by atoms with Crippen LogP contribution in [0.25, 0.3) is 0 Å². The number of aromatic nitrogens is 2. The SMILES string of the molecule is CCCc1nnsc1C(=O)N1C[C@H](O)C[C@@H]1C(=O)O. The van der Waals surface area contributed by atoms with Gasteiger partial charge in [-0.2, -0.15) is 0 Å². The van der Waals surface area contributed by atoms with Crippen molar-refractivity contribution in [3.05, 3.63) is 10.6 Å². The van der Waals surface area contributed by atoms with Crippen molar-refractivity contribution in [3.8, 4) is 0 Å². The number of carboxylic acids is 1. The zero-order valence-corrected chi connectivity index (χ0v) is 11.3. The molecule has 2 heterocycles. The summed E-state index contributed by atoms with van der Waals surface area (Å²) >= 11 is 0.973. The van der Waals surface area contributed by atoms with Gasteiger partial charge >= 0.3 is 5.97 Å². The number of β-amino-alcohol motifs (C(OH)–C–C–N with tert-alkyl or cyclic N) is 1. The fourth-order valence-electron chi connectivity index (χ4n) is 2.17. The number of hydrogen-bond acceptors (Lipinski definition) is 6. The van der Waals surface area contributed by atoms with E-state index in [0.717, 1.165) is 18.0 Å². The molecule has 0 radical (unpaired) electrons. The van der Waals surface area contributed by atoms with Crippen molar-refractivity contribution in [2.24, 2.45) is 0 Å². The highest BCUT2D eigenvalue weighted by Crippen LogP contribution is 2.23. The molecule has 0 unspecified atom stereocenters. The lowest BCUT2D eigenvalue weighted by Gasteiger charge is -2.20. The lowest BCUT2D eigenvalue weighted by molar-refractivity contribution is -0.141. The predicted molar refractivity (Wildman–Crippen MR) is 67.0 cm³/mol. The Balaban J connectivity index is 2.22. The molecule has 1 aromatic rings. The van der Waals surface area contributed by atoms with Crippen LogP contribution >= 0.6 is 11.5 Å². The first-order valence-corrected chi connectivity index (χ1v) is 6.85. The molecule has 7 nitrogen and oxygen atoms in total. The number of aliphatic hydroxyl groups excluding tert-OH is 1. The number of hydrogen-bond donors (Lipinski definition) is 2. The molecule has 1 aromatic heterocycles. The number of likely N-dealkylation sites (tertiary alicyclic amines) is 1. The Labute approximate surface area is 114 Å². The molecule has 0 saturated carbocycles. The third-order valence-corrected chi connectivity index (χ3v) is 3.82. The third-order valence-electron chi connectivity index (χ3n) is 3.06. The lowest BCUT2D eigenvalue weighted by atomic mass is 10.2. The molecular formula is C11H15N3O4S. The largest absolute Gasteiger partial charge is 0.480 e. The molecule has 19 heavy (non-hydrogen) atoms. The lowest BCUT2D eigenvalue weighted by Crippen LogP contribution is -2.40. The van der Waals surface area contributed by atoms with Gasteiger partial charge in [0.1, 0.15) is 10.9 Å². The van der Waals surface area contributed by atoms with E-state index in [0.29, 0.717) is 17.0 Å². The Hall–Kier alpha value is -1.54. The van der Waals surface area contributed by atoms with Crippen LogP contribution in [0.5, 0.6) is 0 Å². The van der Waals surface area contributed by atoms with Crippen LogP contribution in [0.1, 0.15) is 35.1 Å². The molecule has 2 N–H and O–H groups in total. The van der Waals surface area contributed by atoms with Crippen LogP contribution in [-0.4, -0.2) is 55.3 Å². The van der Waals surface area contributed by atoms with E-state index in [2.05, 4.69) is 9.59 Å². The second kappa shape index (κ2) is 5.62. The van der Waals surface area contributed by atoms with E-state index in [1.54, 1.807) is 0 Å². The monoisotopic (exact) mass is 285 g/mol. The molecule has 0 aliphatic carbocycles. The Morgan fingerprint density at radius 1 is 1.53 bits per heavy atom. The maximum atomic E-state index is 12.3. The smallest absolute Gasteiger partial charge is 0.326 e. The average molecular weight is 285 g/mol. The van der Waals surface area contributed by atoms with Gasteiger partial charge in [0, 0.05) is 13.0 Å². The topological polar surface area (TPSA) is 104 Å². The fraction of sp³-hybridized carbons (Fsp3) is 0.636. The number of aliphatic hydroxyl groups is 1. The van der Waals surface area contributed by atoms with Crippen LogP contribution in [0.4, 0.5) is 0 Å². The van der Waals surface area contributed by atoms with Gasteiger partial charge in [0.15, 0.2) is 0 Å². The van der Waals surface area contributed by atoms with Crippen LogP contribution in [0.15, 0.2) is 0 Å². The molecule has 0 spiro atoms. The molecule has 1 fully saturated rings. The van der Waals surface area contributed by atoms with Crippen molar-refractivity contribution in [2.45, 2.75) is 38.3 Å². The van der Waals surface area contributed by atoms with Gasteiger partial charge in [0.05, 0.1) is 11.8 Å². The number of amides is 1. The number of aryl methyl sites for hydroxylation is 1. The van der Waals surface area contributed by atoms with Gasteiger partial charge in [-0.15, -0.1) is 5.10 Å². The third kappa shape index (κ3) is 2.74. The molecule has 1 aliphatic rings. The van der Waals surface area contributed by atoms with Gasteiger partial charge in [-0.1, -0.05) is 17.8 Å². The van der Waals surface area contributed by atoms with E-state index < -0.39 is 24.0 Å². The van der Waals surface area contributed by atoms with E-state index in [4.69, 9.17) is 5.11 Å². The van der Waals surface area contributed by atoms with Gasteiger partial charge in [-0.25, -0.2) is 4.79 Å². The molecule has 0 bridgehead atoms. The quantitative estimate of drug-likeness (QED) is 0.816. The van der Waals surface area contributed by atoms with Crippen LogP contribution in [-0.2, 0) is 11.2 Å². The summed E-state index contributed by atoms with van der Waals surface area (Å²) in [6.07, 6.45) is 0.735. The van der Waals surface area contributed by atoms with E-state index >= 15 is 0 Å². The molecule has 1 amide bonds. The first kappa shape index (κ1) is 13.9. The average Bonchev–Trinajstić information content (AvgIpc) is 2.95. The number of carbonyl (C=O) groups is 2. The summed E-state index contributed by atoms with van der Waals surface area (Å²) in [5, 5.41) is 22.5. The van der Waals surface area contributed by atoms with E-state index in [-0.39, 0.29) is 13.0 Å². The number of aliphatic carboxylic acids is 1. The van der Waals surface area contributed by atoms with Gasteiger partial charge < -0.3 is 15.1 Å². The molecule has 1 aliphatic heterocycles. The summed E-state index contributed by atoms with van der Waals surface area (Å²) in [5.41, 5.74) is 0.600. The van der Waals surface area contributed by atoms with Crippen molar-refractivity contribution in [2.75, 3.05) is 6.54 Å². The highest BCUT2D eigenvalue weighted by atomic mass is 32.1. The Kier molecular flexibility index (Phi) is 4.11. The molecular weight excluding hydrogens is 270 g/mol. The molecule has 2 rings (SSSR count). The number of carboxylic acid groups (broad SMARTS) is 1. The maximum Gasteiger partial charge on any atom is 0.326 e. The predicted octanol–water partition coefficient (Wildman–Crippen LogP) is 0.151. The van der Waals surface area contributed by atoms with Crippen molar-refractivity contribution in [3.63, 3.8) is 0 Å². The summed E-state index contributed by atoms with van der Waals surface area (Å²) in [7, 11) is 0. The summed E-state index contributed by atoms with van der Waals surface area (Å²) in [6.45, 7) is 2.01. The van der Waals surface area contributed by atoms with Crippen molar-refractivity contribution in [1.29, 1.82) is 0 Å². The minimum absolute atomic E-state index is 0.0409. The summed E-state index contributed by atoms with van der Waals surface area (Å²) in [6, 6.07) is -0.973. The molecule has 1 saturated heterocycles. The summed E-state index contributed by atoms with van der Waals surface area (Å²) < 4.78 is 3.76. The second-order valence-electron chi connectivity index (χ2n) is 4.50. The number of carbonyl (C=O) groups excluding carboxylic acids is 1. The van der Waals surface area contributed by atoms with Crippen LogP contribution in [0.3, 0.4) is 0 Å². The summed E-state index contributed by atoms with van der Waals surface area (Å²) in [5.74, 6) is -1.50. The fourth-order valence-corrected chi connectivity index (χ4v) is 2.84. The van der Waals surface area contributed by atoms with Crippen LogP contribution < -0.4 is 0 Å². The van der Waals surface area contributed by atoms with Gasteiger partial charge in [-0.05, 0) is 18.0 Å². The molecule has 2 atom stereocenters. The van der Waals surface area contributed by atoms with Crippen LogP contribution in [0, 0.1) is 0 Å². The highest BCUT2D eigenvalue weighted by Gasteiger charge is 2.40.